The number of rotatable bonds is 3. The topological polar surface area (TPSA) is 77.5 Å². The zero-order valence-corrected chi connectivity index (χ0v) is 16.6. The third-order valence-corrected chi connectivity index (χ3v) is 5.60. The molecule has 6 nitrogen and oxygen atoms in total. The normalized spacial score (nSPS) is 17.3. The summed E-state index contributed by atoms with van der Waals surface area (Å²) in [5.41, 5.74) is 2.97. The zero-order valence-electron chi connectivity index (χ0n) is 15.8. The SMILES string of the molecule is CNC(=O)c1cccc2c1N=C(NCc1cccc(Cl)c1)C1(CCNCC1)N2. The second kappa shape index (κ2) is 7.81. The van der Waals surface area contributed by atoms with Crippen LogP contribution in [0.2, 0.25) is 5.02 Å². The van der Waals surface area contributed by atoms with Crippen molar-refractivity contribution in [3.63, 3.8) is 0 Å². The van der Waals surface area contributed by atoms with E-state index in [1.165, 1.54) is 0 Å². The number of hydrogen-bond acceptors (Lipinski definition) is 5. The lowest BCUT2D eigenvalue weighted by molar-refractivity contribution is 0.0964. The Labute approximate surface area is 169 Å². The molecule has 0 aromatic heterocycles. The molecule has 0 radical (unpaired) electrons. The lowest BCUT2D eigenvalue weighted by atomic mass is 9.84. The first-order valence-corrected chi connectivity index (χ1v) is 9.90. The molecule has 1 spiro atoms. The highest BCUT2D eigenvalue weighted by molar-refractivity contribution is 6.30. The molecule has 2 aromatic carbocycles. The lowest BCUT2D eigenvalue weighted by Gasteiger charge is -2.43. The summed E-state index contributed by atoms with van der Waals surface area (Å²) in [6.45, 7) is 2.44. The van der Waals surface area contributed by atoms with E-state index < -0.39 is 0 Å². The minimum Gasteiger partial charge on any atom is -0.371 e. The number of nitrogens with one attached hydrogen (secondary N) is 4. The van der Waals surface area contributed by atoms with E-state index >= 15 is 0 Å². The molecule has 7 heteroatoms. The maximum atomic E-state index is 12.3. The van der Waals surface area contributed by atoms with Crippen molar-refractivity contribution in [2.45, 2.75) is 24.9 Å². The quantitative estimate of drug-likeness (QED) is 0.642. The second-order valence-electron chi connectivity index (χ2n) is 7.18. The van der Waals surface area contributed by atoms with Gasteiger partial charge in [0.25, 0.3) is 5.91 Å². The van der Waals surface area contributed by atoms with Crippen LogP contribution < -0.4 is 21.3 Å². The number of benzene rings is 2. The number of piperidine rings is 1. The van der Waals surface area contributed by atoms with Crippen LogP contribution in [-0.4, -0.2) is 37.4 Å². The fourth-order valence-corrected chi connectivity index (χ4v) is 4.09. The first-order valence-electron chi connectivity index (χ1n) is 9.53. The number of aliphatic imine (C=N–C) groups is 1. The predicted molar refractivity (Wildman–Crippen MR) is 114 cm³/mol. The van der Waals surface area contributed by atoms with Crippen LogP contribution in [0.3, 0.4) is 0 Å². The third kappa shape index (κ3) is 3.57. The average Bonchev–Trinajstić information content (AvgIpc) is 2.72. The molecular formula is C21H24ClN5O. The van der Waals surface area contributed by atoms with Crippen LogP contribution in [0.4, 0.5) is 11.4 Å². The molecule has 0 saturated carbocycles. The van der Waals surface area contributed by atoms with Crippen molar-refractivity contribution in [2.24, 2.45) is 4.99 Å². The molecule has 4 rings (SSSR count). The van der Waals surface area contributed by atoms with Crippen LogP contribution in [0.15, 0.2) is 47.5 Å². The van der Waals surface area contributed by atoms with Crippen molar-refractivity contribution in [1.29, 1.82) is 0 Å². The molecule has 28 heavy (non-hydrogen) atoms. The molecule has 2 aromatic rings. The first kappa shape index (κ1) is 18.8. The number of hydrogen-bond donors (Lipinski definition) is 4. The van der Waals surface area contributed by atoms with Gasteiger partial charge in [0.1, 0.15) is 11.5 Å². The summed E-state index contributed by atoms with van der Waals surface area (Å²) in [4.78, 5) is 17.3. The Morgan fingerprint density at radius 2 is 2.00 bits per heavy atom. The van der Waals surface area contributed by atoms with Crippen molar-refractivity contribution in [1.82, 2.24) is 16.0 Å². The average molecular weight is 398 g/mol. The highest BCUT2D eigenvalue weighted by Crippen LogP contribution is 2.39. The molecule has 0 unspecified atom stereocenters. The summed E-state index contributed by atoms with van der Waals surface area (Å²) in [6, 6.07) is 13.5. The summed E-state index contributed by atoms with van der Waals surface area (Å²) in [5, 5.41) is 14.0. The van der Waals surface area contributed by atoms with Crippen LogP contribution in [-0.2, 0) is 6.54 Å². The predicted octanol–water partition coefficient (Wildman–Crippen LogP) is 3.07. The van der Waals surface area contributed by atoms with E-state index in [4.69, 9.17) is 16.6 Å². The molecular weight excluding hydrogens is 374 g/mol. The molecule has 0 bridgehead atoms. The van der Waals surface area contributed by atoms with Gasteiger partial charge in [-0.2, -0.15) is 0 Å². The summed E-state index contributed by atoms with van der Waals surface area (Å²) < 4.78 is 0. The summed E-state index contributed by atoms with van der Waals surface area (Å²) in [5.74, 6) is 0.732. The Hall–Kier alpha value is -2.57. The van der Waals surface area contributed by atoms with Crippen molar-refractivity contribution in [3.05, 3.63) is 58.6 Å². The van der Waals surface area contributed by atoms with Crippen molar-refractivity contribution in [2.75, 3.05) is 25.5 Å². The summed E-state index contributed by atoms with van der Waals surface area (Å²) in [6.07, 6.45) is 1.83. The number of nitrogens with zero attached hydrogens (tertiary/aromatic N) is 1. The molecule has 146 valence electrons. The highest BCUT2D eigenvalue weighted by Gasteiger charge is 2.41. The monoisotopic (exact) mass is 397 g/mol. The lowest BCUT2D eigenvalue weighted by Crippen LogP contribution is -2.58. The fraction of sp³-hybridized carbons (Fsp3) is 0.333. The number of carbonyl (C=O) groups excluding carboxylic acids is 1. The minimum atomic E-state index is -0.266. The number of anilines is 1. The smallest absolute Gasteiger partial charge is 0.253 e. The number of halogens is 1. The van der Waals surface area contributed by atoms with Crippen molar-refractivity contribution < 1.29 is 4.79 Å². The molecule has 2 aliphatic rings. The van der Waals surface area contributed by atoms with Crippen LogP contribution in [0.5, 0.6) is 0 Å². The summed E-state index contributed by atoms with van der Waals surface area (Å²) >= 11 is 6.12. The van der Waals surface area contributed by atoms with Gasteiger partial charge < -0.3 is 21.3 Å². The molecule has 4 N–H and O–H groups in total. The van der Waals surface area contributed by atoms with Gasteiger partial charge >= 0.3 is 0 Å². The number of amidine groups is 1. The maximum Gasteiger partial charge on any atom is 0.253 e. The van der Waals surface area contributed by atoms with Gasteiger partial charge in [0, 0.05) is 18.6 Å². The Bertz CT molecular complexity index is 921. The van der Waals surface area contributed by atoms with E-state index in [2.05, 4.69) is 21.3 Å². The Morgan fingerprint density at radius 3 is 2.75 bits per heavy atom. The standard InChI is InChI=1S/C21H24ClN5O/c1-23-19(28)16-6-3-7-17-18(16)26-20(21(27-17)8-10-24-11-9-21)25-13-14-4-2-5-15(22)12-14/h2-7,12,24,27H,8-11,13H2,1H3,(H,23,28)(H,25,26). The second-order valence-corrected chi connectivity index (χ2v) is 7.62. The molecule has 1 saturated heterocycles. The van der Waals surface area contributed by atoms with Gasteiger partial charge in [0.15, 0.2) is 0 Å². The first-order chi connectivity index (χ1) is 13.6. The molecule has 1 amide bonds. The minimum absolute atomic E-state index is 0.141. The number of carbonyl (C=O) groups is 1. The third-order valence-electron chi connectivity index (χ3n) is 5.36. The zero-order chi connectivity index (χ0) is 19.6. The molecule has 2 heterocycles. The van der Waals surface area contributed by atoms with Gasteiger partial charge in [-0.3, -0.25) is 4.79 Å². The molecule has 1 fully saturated rings. The van der Waals surface area contributed by atoms with Crippen molar-refractivity contribution in [3.8, 4) is 0 Å². The van der Waals surface area contributed by atoms with Gasteiger partial charge in [-0.25, -0.2) is 4.99 Å². The van der Waals surface area contributed by atoms with Gasteiger partial charge in [-0.15, -0.1) is 0 Å². The number of amides is 1. The van der Waals surface area contributed by atoms with Gasteiger partial charge in [-0.1, -0.05) is 29.8 Å². The Kier molecular flexibility index (Phi) is 5.24. The van der Waals surface area contributed by atoms with Gasteiger partial charge in [0.05, 0.1) is 16.8 Å². The van der Waals surface area contributed by atoms with Crippen LogP contribution in [0.25, 0.3) is 0 Å². The van der Waals surface area contributed by atoms with E-state index in [9.17, 15) is 4.79 Å². The van der Waals surface area contributed by atoms with Gasteiger partial charge in [-0.05, 0) is 55.8 Å². The van der Waals surface area contributed by atoms with Gasteiger partial charge in [0.2, 0.25) is 0 Å². The largest absolute Gasteiger partial charge is 0.371 e. The van der Waals surface area contributed by atoms with Crippen molar-refractivity contribution >= 4 is 34.7 Å². The van der Waals surface area contributed by atoms with E-state index in [-0.39, 0.29) is 11.4 Å². The van der Waals surface area contributed by atoms with Crippen LogP contribution >= 0.6 is 11.6 Å². The van der Waals surface area contributed by atoms with E-state index in [1.54, 1.807) is 13.1 Å². The van der Waals surface area contributed by atoms with E-state index in [1.807, 2.05) is 36.4 Å². The van der Waals surface area contributed by atoms with E-state index in [0.717, 1.165) is 43.0 Å². The molecule has 0 atom stereocenters. The Morgan fingerprint density at radius 1 is 1.21 bits per heavy atom. The fourth-order valence-electron chi connectivity index (χ4n) is 3.88. The highest BCUT2D eigenvalue weighted by atomic mass is 35.5. The van der Waals surface area contributed by atoms with Crippen LogP contribution in [0, 0.1) is 0 Å². The molecule has 2 aliphatic heterocycles. The Balaban J connectivity index is 1.71. The molecule has 0 aliphatic carbocycles. The summed E-state index contributed by atoms with van der Waals surface area (Å²) in [7, 11) is 1.63. The van der Waals surface area contributed by atoms with E-state index in [0.29, 0.717) is 22.8 Å². The maximum absolute atomic E-state index is 12.3. The number of para-hydroxylation sites is 1. The number of fused-ring (bicyclic) bond motifs is 1. The van der Waals surface area contributed by atoms with Crippen LogP contribution in [0.1, 0.15) is 28.8 Å².